The quantitative estimate of drug-likeness (QED) is 0.650. The van der Waals surface area contributed by atoms with Gasteiger partial charge in [-0.05, 0) is 18.8 Å². The van der Waals surface area contributed by atoms with Crippen molar-refractivity contribution < 1.29 is 14.7 Å². The summed E-state index contributed by atoms with van der Waals surface area (Å²) >= 11 is 0. The van der Waals surface area contributed by atoms with Crippen molar-refractivity contribution in [2.45, 2.75) is 32.2 Å². The molecule has 2 atom stereocenters. The van der Waals surface area contributed by atoms with Gasteiger partial charge < -0.3 is 10.4 Å². The molecular formula is C9H13NO3. The van der Waals surface area contributed by atoms with Gasteiger partial charge in [-0.2, -0.15) is 0 Å². The van der Waals surface area contributed by atoms with Crippen molar-refractivity contribution in [3.63, 3.8) is 0 Å². The molecule has 0 bridgehead atoms. The summed E-state index contributed by atoms with van der Waals surface area (Å²) in [6, 6.07) is -0.674. The molecule has 2 fully saturated rings. The third-order valence-electron chi connectivity index (χ3n) is 3.26. The highest BCUT2D eigenvalue weighted by atomic mass is 16.4. The van der Waals surface area contributed by atoms with Gasteiger partial charge in [0.25, 0.3) is 0 Å². The summed E-state index contributed by atoms with van der Waals surface area (Å²) in [5, 5.41) is 11.5. The molecule has 13 heavy (non-hydrogen) atoms. The lowest BCUT2D eigenvalue weighted by Crippen LogP contribution is -2.43. The van der Waals surface area contributed by atoms with Crippen LogP contribution in [0, 0.1) is 11.3 Å². The van der Waals surface area contributed by atoms with Crippen molar-refractivity contribution in [1.82, 2.24) is 5.32 Å². The summed E-state index contributed by atoms with van der Waals surface area (Å²) in [6.45, 7) is 1.90. The third-order valence-corrected chi connectivity index (χ3v) is 3.26. The van der Waals surface area contributed by atoms with Gasteiger partial charge in [-0.3, -0.25) is 4.79 Å². The van der Waals surface area contributed by atoms with E-state index in [1.807, 2.05) is 6.92 Å². The van der Waals surface area contributed by atoms with Gasteiger partial charge in [0.15, 0.2) is 0 Å². The predicted octanol–water partition coefficient (Wildman–Crippen LogP) is 0.376. The van der Waals surface area contributed by atoms with E-state index >= 15 is 0 Å². The zero-order valence-electron chi connectivity index (χ0n) is 7.54. The number of nitrogens with one attached hydrogen (secondary N) is 1. The highest BCUT2D eigenvalue weighted by Crippen LogP contribution is 2.51. The first-order valence-electron chi connectivity index (χ1n) is 4.56. The minimum absolute atomic E-state index is 0.123. The molecule has 0 aromatic carbocycles. The zero-order chi connectivity index (χ0) is 9.64. The van der Waals surface area contributed by atoms with E-state index in [1.54, 1.807) is 0 Å². The second-order valence-electron chi connectivity index (χ2n) is 4.30. The van der Waals surface area contributed by atoms with Crippen LogP contribution < -0.4 is 5.32 Å². The minimum atomic E-state index is -0.903. The van der Waals surface area contributed by atoms with Crippen molar-refractivity contribution in [3.8, 4) is 0 Å². The molecule has 4 heteroatoms. The van der Waals surface area contributed by atoms with Crippen LogP contribution >= 0.6 is 0 Å². The van der Waals surface area contributed by atoms with Gasteiger partial charge in [-0.25, -0.2) is 4.79 Å². The third kappa shape index (κ3) is 1.20. The fourth-order valence-corrected chi connectivity index (χ4v) is 2.29. The van der Waals surface area contributed by atoms with Crippen molar-refractivity contribution in [2.24, 2.45) is 11.3 Å². The van der Waals surface area contributed by atoms with Gasteiger partial charge in [-0.15, -0.1) is 0 Å². The molecule has 2 N–H and O–H groups in total. The van der Waals surface area contributed by atoms with Crippen LogP contribution in [-0.2, 0) is 9.59 Å². The fraction of sp³-hybridized carbons (Fsp3) is 0.778. The highest BCUT2D eigenvalue weighted by Gasteiger charge is 2.55. The lowest BCUT2D eigenvalue weighted by atomic mass is 9.78. The molecule has 2 unspecified atom stereocenters. The van der Waals surface area contributed by atoms with Crippen LogP contribution in [0.5, 0.6) is 0 Å². The summed E-state index contributed by atoms with van der Waals surface area (Å²) in [5.74, 6) is -0.602. The molecule has 0 aromatic heterocycles. The topological polar surface area (TPSA) is 66.4 Å². The van der Waals surface area contributed by atoms with Crippen molar-refractivity contribution in [2.75, 3.05) is 0 Å². The van der Waals surface area contributed by atoms with Gasteiger partial charge >= 0.3 is 5.97 Å². The fourth-order valence-electron chi connectivity index (χ4n) is 2.29. The van der Waals surface area contributed by atoms with Crippen LogP contribution in [0.25, 0.3) is 0 Å². The van der Waals surface area contributed by atoms with E-state index in [-0.39, 0.29) is 11.3 Å². The van der Waals surface area contributed by atoms with Gasteiger partial charge in [0.05, 0.1) is 0 Å². The lowest BCUT2D eigenvalue weighted by molar-refractivity contribution is -0.142. The molecule has 0 aromatic rings. The number of rotatable bonds is 2. The van der Waals surface area contributed by atoms with E-state index < -0.39 is 12.0 Å². The molecule has 0 spiro atoms. The smallest absolute Gasteiger partial charge is 0.326 e. The number of hydrogen-bond acceptors (Lipinski definition) is 2. The lowest BCUT2D eigenvalue weighted by Gasteiger charge is -2.26. The van der Waals surface area contributed by atoms with Crippen molar-refractivity contribution >= 4 is 11.9 Å². The summed E-state index contributed by atoms with van der Waals surface area (Å²) in [7, 11) is 0. The Kier molecular flexibility index (Phi) is 1.62. The summed E-state index contributed by atoms with van der Waals surface area (Å²) in [5.41, 5.74) is -0.344. The van der Waals surface area contributed by atoms with Crippen LogP contribution in [0.1, 0.15) is 26.2 Å². The van der Waals surface area contributed by atoms with Crippen LogP contribution in [0.2, 0.25) is 0 Å². The van der Waals surface area contributed by atoms with Gasteiger partial charge in [0, 0.05) is 11.8 Å². The minimum Gasteiger partial charge on any atom is -0.480 e. The average molecular weight is 183 g/mol. The molecule has 1 saturated heterocycles. The zero-order valence-corrected chi connectivity index (χ0v) is 7.54. The Bertz CT molecular complexity index is 272. The molecule has 1 aliphatic heterocycles. The second kappa shape index (κ2) is 2.47. The van der Waals surface area contributed by atoms with Crippen molar-refractivity contribution in [1.29, 1.82) is 0 Å². The Labute approximate surface area is 76.3 Å². The monoisotopic (exact) mass is 183 g/mol. The Morgan fingerprint density at radius 1 is 1.62 bits per heavy atom. The number of carbonyl (C=O) groups is 2. The Hall–Kier alpha value is -1.06. The van der Waals surface area contributed by atoms with Crippen LogP contribution in [0.15, 0.2) is 0 Å². The predicted molar refractivity (Wildman–Crippen MR) is 45.0 cm³/mol. The van der Waals surface area contributed by atoms with E-state index in [2.05, 4.69) is 5.32 Å². The highest BCUT2D eigenvalue weighted by molar-refractivity contribution is 5.89. The number of amides is 1. The van der Waals surface area contributed by atoms with E-state index in [4.69, 9.17) is 5.11 Å². The number of carboxylic acid groups (broad SMARTS) is 1. The van der Waals surface area contributed by atoms with E-state index in [1.165, 1.54) is 0 Å². The average Bonchev–Trinajstić information content (AvgIpc) is 2.78. The van der Waals surface area contributed by atoms with E-state index in [0.29, 0.717) is 12.3 Å². The van der Waals surface area contributed by atoms with Crippen molar-refractivity contribution in [3.05, 3.63) is 0 Å². The van der Waals surface area contributed by atoms with Gasteiger partial charge in [0.1, 0.15) is 6.04 Å². The molecule has 0 radical (unpaired) electrons. The first-order chi connectivity index (χ1) is 6.04. The summed E-state index contributed by atoms with van der Waals surface area (Å²) in [4.78, 5) is 22.0. The van der Waals surface area contributed by atoms with Crippen LogP contribution in [0.4, 0.5) is 0 Å². The van der Waals surface area contributed by atoms with E-state index in [0.717, 1.165) is 12.8 Å². The first-order valence-corrected chi connectivity index (χ1v) is 4.56. The molecule has 1 amide bonds. The van der Waals surface area contributed by atoms with Gasteiger partial charge in [-0.1, -0.05) is 6.92 Å². The normalized spacial score (nSPS) is 38.8. The summed E-state index contributed by atoms with van der Waals surface area (Å²) < 4.78 is 0. The number of carbonyl (C=O) groups excluding carboxylic acids is 1. The second-order valence-corrected chi connectivity index (χ2v) is 4.30. The molecule has 72 valence electrons. The summed E-state index contributed by atoms with van der Waals surface area (Å²) in [6.07, 6.45) is 2.50. The number of aliphatic carboxylic acids is 1. The largest absolute Gasteiger partial charge is 0.480 e. The maximum atomic E-state index is 11.1. The Balaban J connectivity index is 2.24. The molecule has 2 rings (SSSR count). The number of hydrogen-bond donors (Lipinski definition) is 2. The molecule has 1 aliphatic carbocycles. The maximum Gasteiger partial charge on any atom is 0.326 e. The Morgan fingerprint density at radius 2 is 2.23 bits per heavy atom. The van der Waals surface area contributed by atoms with Gasteiger partial charge in [0.2, 0.25) is 5.91 Å². The molecule has 1 saturated carbocycles. The molecule has 1 heterocycles. The van der Waals surface area contributed by atoms with E-state index in [9.17, 15) is 9.59 Å². The van der Waals surface area contributed by atoms with Crippen LogP contribution in [0.3, 0.4) is 0 Å². The molecule has 4 nitrogen and oxygen atoms in total. The molecule has 2 aliphatic rings. The standard InChI is InChI=1S/C9H13NO3/c1-9(5-2-3-5)4-6(11)10-7(9)8(12)13/h5,7H,2-4H2,1H3,(H,10,11)(H,12,13). The first kappa shape index (κ1) is 8.53. The molecular weight excluding hydrogens is 170 g/mol. The van der Waals surface area contributed by atoms with Crippen LogP contribution in [-0.4, -0.2) is 23.0 Å². The number of carboxylic acids is 1. The maximum absolute atomic E-state index is 11.1. The Morgan fingerprint density at radius 3 is 2.69 bits per heavy atom. The SMILES string of the molecule is CC1(C2CC2)CC(=O)NC1C(=O)O.